The summed E-state index contributed by atoms with van der Waals surface area (Å²) in [6, 6.07) is 2.87. The van der Waals surface area contributed by atoms with E-state index in [2.05, 4.69) is 0 Å². The second kappa shape index (κ2) is 5.71. The van der Waals surface area contributed by atoms with Gasteiger partial charge in [-0.3, -0.25) is 9.59 Å². The Balaban J connectivity index is 3.01. The van der Waals surface area contributed by atoms with Crippen molar-refractivity contribution in [3.8, 4) is 0 Å². The minimum atomic E-state index is -1.14. The van der Waals surface area contributed by atoms with Crippen LogP contribution in [-0.2, 0) is 4.79 Å². The standard InChI is InChI=1S/C11H9Cl3O3/c1-5-7(12)2-6(3-8(5)13)11(17)9(14)4-10(15)16/h2-3,9H,4H2,1H3,(H,15,16). The Morgan fingerprint density at radius 2 is 1.76 bits per heavy atom. The Morgan fingerprint density at radius 3 is 2.18 bits per heavy atom. The Bertz CT molecular complexity index is 448. The van der Waals surface area contributed by atoms with Gasteiger partial charge in [-0.15, -0.1) is 11.6 Å². The molecule has 1 N–H and O–H groups in total. The molecule has 1 rings (SSSR count). The van der Waals surface area contributed by atoms with Crippen LogP contribution < -0.4 is 0 Å². The number of rotatable bonds is 4. The SMILES string of the molecule is Cc1c(Cl)cc(C(=O)C(Cl)CC(=O)O)cc1Cl. The number of halogens is 3. The van der Waals surface area contributed by atoms with Gasteiger partial charge in [-0.05, 0) is 24.6 Å². The number of hydrogen-bond acceptors (Lipinski definition) is 2. The fourth-order valence-corrected chi connectivity index (χ4v) is 1.96. The fraction of sp³-hybridized carbons (Fsp3) is 0.273. The van der Waals surface area contributed by atoms with Crippen molar-refractivity contribution in [1.29, 1.82) is 0 Å². The van der Waals surface area contributed by atoms with Crippen LogP contribution in [0.1, 0.15) is 22.3 Å². The summed E-state index contributed by atoms with van der Waals surface area (Å²) in [6.45, 7) is 1.72. The third-order valence-corrected chi connectivity index (χ3v) is 3.34. The highest BCUT2D eigenvalue weighted by atomic mass is 35.5. The summed E-state index contributed by atoms with van der Waals surface area (Å²) in [7, 11) is 0. The molecule has 0 saturated heterocycles. The number of carbonyl (C=O) groups is 2. The molecule has 1 unspecified atom stereocenters. The molecule has 0 aromatic heterocycles. The number of ketones is 1. The molecule has 0 spiro atoms. The number of Topliss-reactive ketones (excluding diaryl/α,β-unsaturated/α-hetero) is 1. The second-order valence-electron chi connectivity index (χ2n) is 3.49. The first kappa shape index (κ1) is 14.3. The van der Waals surface area contributed by atoms with Gasteiger partial charge < -0.3 is 5.11 Å². The number of hydrogen-bond donors (Lipinski definition) is 1. The van der Waals surface area contributed by atoms with E-state index in [-0.39, 0.29) is 5.56 Å². The van der Waals surface area contributed by atoms with E-state index in [4.69, 9.17) is 39.9 Å². The molecule has 0 fully saturated rings. The van der Waals surface area contributed by atoms with Crippen LogP contribution in [0, 0.1) is 6.92 Å². The zero-order valence-electron chi connectivity index (χ0n) is 8.84. The lowest BCUT2D eigenvalue weighted by Gasteiger charge is -2.08. The van der Waals surface area contributed by atoms with Crippen LogP contribution in [0.3, 0.4) is 0 Å². The smallest absolute Gasteiger partial charge is 0.305 e. The van der Waals surface area contributed by atoms with Gasteiger partial charge in [0.25, 0.3) is 0 Å². The molecule has 17 heavy (non-hydrogen) atoms. The van der Waals surface area contributed by atoms with Crippen molar-refractivity contribution >= 4 is 46.6 Å². The van der Waals surface area contributed by atoms with Crippen molar-refractivity contribution in [2.75, 3.05) is 0 Å². The molecule has 0 bridgehead atoms. The lowest BCUT2D eigenvalue weighted by Crippen LogP contribution is -2.18. The molecule has 0 aliphatic carbocycles. The lowest BCUT2D eigenvalue weighted by atomic mass is 10.0. The first-order chi connectivity index (χ1) is 7.82. The summed E-state index contributed by atoms with van der Waals surface area (Å²) in [4.78, 5) is 22.2. The molecule has 1 aromatic rings. The normalized spacial score (nSPS) is 12.2. The second-order valence-corrected chi connectivity index (χ2v) is 4.84. The molecule has 1 aromatic carbocycles. The maximum absolute atomic E-state index is 11.8. The zero-order valence-corrected chi connectivity index (χ0v) is 11.1. The highest BCUT2D eigenvalue weighted by Gasteiger charge is 2.21. The van der Waals surface area contributed by atoms with E-state index >= 15 is 0 Å². The van der Waals surface area contributed by atoms with E-state index in [0.717, 1.165) is 0 Å². The van der Waals surface area contributed by atoms with Gasteiger partial charge in [0.15, 0.2) is 5.78 Å². The van der Waals surface area contributed by atoms with Crippen molar-refractivity contribution in [3.63, 3.8) is 0 Å². The molecule has 92 valence electrons. The number of alkyl halides is 1. The first-order valence-corrected chi connectivity index (χ1v) is 5.88. The van der Waals surface area contributed by atoms with Crippen molar-refractivity contribution < 1.29 is 14.7 Å². The van der Waals surface area contributed by atoms with Gasteiger partial charge in [-0.1, -0.05) is 23.2 Å². The van der Waals surface area contributed by atoms with Gasteiger partial charge >= 0.3 is 5.97 Å². The molecule has 0 radical (unpaired) electrons. The largest absolute Gasteiger partial charge is 0.481 e. The first-order valence-electron chi connectivity index (χ1n) is 4.68. The van der Waals surface area contributed by atoms with E-state index in [9.17, 15) is 9.59 Å². The molecule has 3 nitrogen and oxygen atoms in total. The van der Waals surface area contributed by atoms with E-state index in [1.807, 2.05) is 0 Å². The third-order valence-electron chi connectivity index (χ3n) is 2.20. The Labute approximate surface area is 113 Å². The van der Waals surface area contributed by atoms with Crippen LogP contribution >= 0.6 is 34.8 Å². The molecular weight excluding hydrogens is 286 g/mol. The van der Waals surface area contributed by atoms with Crippen LogP contribution in [0.15, 0.2) is 12.1 Å². The molecule has 0 saturated carbocycles. The van der Waals surface area contributed by atoms with Crippen molar-refractivity contribution in [3.05, 3.63) is 33.3 Å². The number of carboxylic acids is 1. The average Bonchev–Trinajstić information content (AvgIpc) is 2.23. The fourth-order valence-electron chi connectivity index (χ4n) is 1.21. The summed E-state index contributed by atoms with van der Waals surface area (Å²) in [5.74, 6) is -1.64. The predicted octanol–water partition coefficient (Wildman–Crippen LogP) is 3.57. The third kappa shape index (κ3) is 3.60. The average molecular weight is 296 g/mol. The Kier molecular flexibility index (Phi) is 4.80. The van der Waals surface area contributed by atoms with Gasteiger partial charge in [0.2, 0.25) is 0 Å². The summed E-state index contributed by atoms with van der Waals surface area (Å²) >= 11 is 17.4. The molecule has 0 heterocycles. The predicted molar refractivity (Wildman–Crippen MR) is 67.4 cm³/mol. The molecule has 0 aliphatic heterocycles. The molecular formula is C11H9Cl3O3. The van der Waals surface area contributed by atoms with Crippen molar-refractivity contribution in [2.45, 2.75) is 18.7 Å². The van der Waals surface area contributed by atoms with Crippen LogP contribution in [0.25, 0.3) is 0 Å². The van der Waals surface area contributed by atoms with Gasteiger partial charge in [0, 0.05) is 15.6 Å². The monoisotopic (exact) mass is 294 g/mol. The quantitative estimate of drug-likeness (QED) is 0.682. The van der Waals surface area contributed by atoms with Gasteiger partial charge in [0.1, 0.15) is 5.38 Å². The van der Waals surface area contributed by atoms with Gasteiger partial charge in [-0.2, -0.15) is 0 Å². The number of aliphatic carboxylic acids is 1. The molecule has 1 atom stereocenters. The van der Waals surface area contributed by atoms with Gasteiger partial charge in [-0.25, -0.2) is 0 Å². The number of carbonyl (C=O) groups excluding carboxylic acids is 1. The minimum Gasteiger partial charge on any atom is -0.481 e. The number of benzene rings is 1. The summed E-state index contributed by atoms with van der Waals surface area (Å²) in [5.41, 5.74) is 0.876. The van der Waals surface area contributed by atoms with Crippen molar-refractivity contribution in [1.82, 2.24) is 0 Å². The minimum absolute atomic E-state index is 0.215. The van der Waals surface area contributed by atoms with Crippen LogP contribution in [0.2, 0.25) is 10.0 Å². The highest BCUT2D eigenvalue weighted by Crippen LogP contribution is 2.27. The highest BCUT2D eigenvalue weighted by molar-refractivity contribution is 6.38. The zero-order chi connectivity index (χ0) is 13.2. The maximum Gasteiger partial charge on any atom is 0.305 e. The van der Waals surface area contributed by atoms with E-state index in [0.29, 0.717) is 15.6 Å². The van der Waals surface area contributed by atoms with Crippen molar-refractivity contribution in [2.24, 2.45) is 0 Å². The van der Waals surface area contributed by atoms with E-state index in [1.165, 1.54) is 12.1 Å². The topological polar surface area (TPSA) is 54.4 Å². The van der Waals surface area contributed by atoms with Crippen LogP contribution in [-0.4, -0.2) is 22.2 Å². The Hall–Kier alpha value is -0.770. The van der Waals surface area contributed by atoms with Crippen LogP contribution in [0.4, 0.5) is 0 Å². The lowest BCUT2D eigenvalue weighted by molar-refractivity contribution is -0.136. The summed E-state index contributed by atoms with van der Waals surface area (Å²) in [5, 5.41) is 8.12. The summed E-state index contributed by atoms with van der Waals surface area (Å²) in [6.07, 6.45) is -0.441. The number of carboxylic acid groups (broad SMARTS) is 1. The van der Waals surface area contributed by atoms with E-state index in [1.54, 1.807) is 6.92 Å². The molecule has 0 amide bonds. The summed E-state index contributed by atoms with van der Waals surface area (Å²) < 4.78 is 0. The molecule has 6 heteroatoms. The molecule has 0 aliphatic rings. The van der Waals surface area contributed by atoms with Gasteiger partial charge in [0.05, 0.1) is 6.42 Å². The van der Waals surface area contributed by atoms with Crippen LogP contribution in [0.5, 0.6) is 0 Å². The van der Waals surface area contributed by atoms with E-state index < -0.39 is 23.6 Å². The Morgan fingerprint density at radius 1 is 1.29 bits per heavy atom. The maximum atomic E-state index is 11.8.